The number of carbonyl (C=O) groups is 3. The Balaban J connectivity index is 1.17. The Bertz CT molecular complexity index is 1190. The summed E-state index contributed by atoms with van der Waals surface area (Å²) in [6.07, 6.45) is 10.9. The van der Waals surface area contributed by atoms with Crippen molar-refractivity contribution < 1.29 is 24.3 Å². The molecule has 0 radical (unpaired) electrons. The number of hydrogen-bond acceptors (Lipinski definition) is 5. The number of rotatable bonds is 9. The highest BCUT2D eigenvalue weighted by Crippen LogP contribution is 2.66. The third-order valence-corrected chi connectivity index (χ3v) is 11.1. The Morgan fingerprint density at radius 2 is 1.82 bits per heavy atom. The van der Waals surface area contributed by atoms with Crippen LogP contribution < -0.4 is 5.32 Å². The number of carbonyl (C=O) groups excluding carboxylic acids is 2. The first-order chi connectivity index (χ1) is 19.1. The van der Waals surface area contributed by atoms with Crippen LogP contribution in [0.5, 0.6) is 0 Å². The molecule has 0 heterocycles. The number of hydrogen-bond donors (Lipinski definition) is 2. The number of nitrogens with zero attached hydrogens (tertiary/aromatic N) is 1. The molecule has 5 unspecified atom stereocenters. The van der Waals surface area contributed by atoms with E-state index in [-0.39, 0.29) is 48.1 Å². The number of carboxylic acid groups (broad SMARTS) is 1. The third-order valence-electron chi connectivity index (χ3n) is 11.1. The molecule has 0 saturated heterocycles. The van der Waals surface area contributed by atoms with E-state index in [2.05, 4.69) is 30.4 Å². The zero-order valence-electron chi connectivity index (χ0n) is 24.2. The standard InChI is InChI=1S/C33H44N2O5/c1-21(36)27-11-12-28-26-10-9-24-18-25(13-15-32(24,2)29(26)14-16-33(27,28)3)35-40-20-30(37)34-19-23(17-31(38)39)22-7-5-4-6-8-22/h4-8,18,23,26-29H,9-17,19-20H2,1-3H3,(H,34,37)(H,38,39)/b35-25+/t23?,26?,27?,28?,29?,32-,33+/m0/s1. The zero-order chi connectivity index (χ0) is 28.5. The summed E-state index contributed by atoms with van der Waals surface area (Å²) in [6.45, 7) is 6.67. The second kappa shape index (κ2) is 11.5. The molecule has 3 saturated carbocycles. The van der Waals surface area contributed by atoms with Crippen LogP contribution in [0, 0.1) is 34.5 Å². The van der Waals surface area contributed by atoms with Crippen LogP contribution in [0.25, 0.3) is 0 Å². The molecule has 3 fully saturated rings. The van der Waals surface area contributed by atoms with Gasteiger partial charge in [-0.1, -0.05) is 54.9 Å². The van der Waals surface area contributed by atoms with Crippen LogP contribution in [0.1, 0.15) is 90.0 Å². The molecule has 7 nitrogen and oxygen atoms in total. The summed E-state index contributed by atoms with van der Waals surface area (Å²) in [5.74, 6) is 1.13. The molecular weight excluding hydrogens is 504 g/mol. The number of allylic oxidation sites excluding steroid dienone is 2. The van der Waals surface area contributed by atoms with Crippen LogP contribution in [-0.4, -0.2) is 41.6 Å². The van der Waals surface area contributed by atoms with Gasteiger partial charge < -0.3 is 15.3 Å². The number of fused-ring (bicyclic) bond motifs is 5. The fraction of sp³-hybridized carbons (Fsp3) is 0.636. The van der Waals surface area contributed by atoms with Crippen molar-refractivity contribution in [3.63, 3.8) is 0 Å². The van der Waals surface area contributed by atoms with Gasteiger partial charge in [0.15, 0.2) is 6.61 Å². The molecule has 1 aromatic carbocycles. The quantitative estimate of drug-likeness (QED) is 0.374. The Hall–Kier alpha value is -2.96. The highest BCUT2D eigenvalue weighted by Gasteiger charge is 2.59. The van der Waals surface area contributed by atoms with Crippen molar-refractivity contribution in [3.8, 4) is 0 Å². The predicted octanol–water partition coefficient (Wildman–Crippen LogP) is 5.90. The molecule has 7 atom stereocenters. The van der Waals surface area contributed by atoms with Crippen LogP contribution in [0.3, 0.4) is 0 Å². The van der Waals surface area contributed by atoms with Gasteiger partial charge in [0.1, 0.15) is 5.78 Å². The first-order valence-corrected chi connectivity index (χ1v) is 15.1. The molecule has 7 heteroatoms. The zero-order valence-corrected chi connectivity index (χ0v) is 24.2. The number of amides is 1. The van der Waals surface area contributed by atoms with Gasteiger partial charge >= 0.3 is 5.97 Å². The Morgan fingerprint density at radius 3 is 2.55 bits per heavy atom. The molecule has 0 spiro atoms. The largest absolute Gasteiger partial charge is 0.481 e. The summed E-state index contributed by atoms with van der Waals surface area (Å²) in [5.41, 5.74) is 3.59. The minimum absolute atomic E-state index is 0.0566. The number of aliphatic carboxylic acids is 1. The Morgan fingerprint density at radius 1 is 1.05 bits per heavy atom. The van der Waals surface area contributed by atoms with Crippen molar-refractivity contribution in [1.82, 2.24) is 5.32 Å². The molecule has 0 bridgehead atoms. The molecule has 4 aliphatic carbocycles. The van der Waals surface area contributed by atoms with Gasteiger partial charge in [-0.2, -0.15) is 0 Å². The van der Waals surface area contributed by atoms with E-state index in [1.807, 2.05) is 30.3 Å². The smallest absolute Gasteiger partial charge is 0.304 e. The molecular formula is C33H44N2O5. The number of Topliss-reactive ketones (excluding diaryl/α,β-unsaturated/α-hetero) is 1. The molecule has 5 rings (SSSR count). The van der Waals surface area contributed by atoms with Gasteiger partial charge in [-0.15, -0.1) is 0 Å². The van der Waals surface area contributed by atoms with Gasteiger partial charge in [-0.05, 0) is 98.5 Å². The fourth-order valence-corrected chi connectivity index (χ4v) is 9.02. The summed E-state index contributed by atoms with van der Waals surface area (Å²) < 4.78 is 0. The maximum atomic E-state index is 12.4. The first-order valence-electron chi connectivity index (χ1n) is 15.1. The van der Waals surface area contributed by atoms with Crippen LogP contribution in [0.15, 0.2) is 47.1 Å². The van der Waals surface area contributed by atoms with E-state index in [1.165, 1.54) is 24.8 Å². The third kappa shape index (κ3) is 5.48. The van der Waals surface area contributed by atoms with Crippen molar-refractivity contribution in [3.05, 3.63) is 47.5 Å². The van der Waals surface area contributed by atoms with E-state index in [0.29, 0.717) is 23.5 Å². The predicted molar refractivity (Wildman–Crippen MR) is 154 cm³/mol. The average Bonchev–Trinajstić information content (AvgIpc) is 3.29. The van der Waals surface area contributed by atoms with Crippen molar-refractivity contribution in [2.75, 3.05) is 13.2 Å². The van der Waals surface area contributed by atoms with Gasteiger partial charge in [-0.3, -0.25) is 14.4 Å². The number of benzene rings is 1. The lowest BCUT2D eigenvalue weighted by Crippen LogP contribution is -2.51. The summed E-state index contributed by atoms with van der Waals surface area (Å²) in [5, 5.41) is 16.4. The molecule has 4 aliphatic rings. The van der Waals surface area contributed by atoms with Gasteiger partial charge in [0.25, 0.3) is 5.91 Å². The van der Waals surface area contributed by atoms with E-state index in [0.717, 1.165) is 43.4 Å². The van der Waals surface area contributed by atoms with Gasteiger partial charge in [-0.25, -0.2) is 0 Å². The van der Waals surface area contributed by atoms with E-state index in [4.69, 9.17) is 4.84 Å². The minimum Gasteiger partial charge on any atom is -0.481 e. The normalized spacial score (nSPS) is 34.6. The highest BCUT2D eigenvalue weighted by atomic mass is 16.6. The molecule has 2 N–H and O–H groups in total. The average molecular weight is 549 g/mol. The van der Waals surface area contributed by atoms with Gasteiger partial charge in [0, 0.05) is 18.4 Å². The summed E-state index contributed by atoms with van der Waals surface area (Å²) in [6, 6.07) is 9.37. The maximum Gasteiger partial charge on any atom is 0.304 e. The minimum atomic E-state index is -0.900. The molecule has 1 aromatic rings. The second-order valence-corrected chi connectivity index (χ2v) is 13.2. The van der Waals surface area contributed by atoms with Crippen molar-refractivity contribution in [2.45, 2.75) is 84.5 Å². The molecule has 216 valence electrons. The van der Waals surface area contributed by atoms with E-state index in [1.54, 1.807) is 6.92 Å². The van der Waals surface area contributed by atoms with Crippen LogP contribution in [-0.2, 0) is 19.2 Å². The lowest BCUT2D eigenvalue weighted by Gasteiger charge is -2.58. The van der Waals surface area contributed by atoms with E-state index >= 15 is 0 Å². The molecule has 0 aliphatic heterocycles. The lowest BCUT2D eigenvalue weighted by molar-refractivity contribution is -0.137. The summed E-state index contributed by atoms with van der Waals surface area (Å²) in [4.78, 5) is 41.6. The first kappa shape index (κ1) is 28.6. The Labute approximate surface area is 237 Å². The van der Waals surface area contributed by atoms with Crippen molar-refractivity contribution in [2.24, 2.45) is 39.7 Å². The summed E-state index contributed by atoms with van der Waals surface area (Å²) in [7, 11) is 0. The summed E-state index contributed by atoms with van der Waals surface area (Å²) >= 11 is 0. The molecule has 40 heavy (non-hydrogen) atoms. The topological polar surface area (TPSA) is 105 Å². The lowest BCUT2D eigenvalue weighted by atomic mass is 9.46. The monoisotopic (exact) mass is 548 g/mol. The second-order valence-electron chi connectivity index (χ2n) is 13.2. The van der Waals surface area contributed by atoms with Crippen LogP contribution in [0.4, 0.5) is 0 Å². The van der Waals surface area contributed by atoms with E-state index in [9.17, 15) is 19.5 Å². The van der Waals surface area contributed by atoms with Gasteiger partial charge in [0.2, 0.25) is 0 Å². The number of oxime groups is 1. The van der Waals surface area contributed by atoms with Crippen LogP contribution in [0.2, 0.25) is 0 Å². The van der Waals surface area contributed by atoms with Gasteiger partial charge in [0.05, 0.1) is 12.1 Å². The highest BCUT2D eigenvalue weighted by molar-refractivity contribution is 5.96. The Kier molecular flexibility index (Phi) is 8.21. The molecule has 0 aromatic heterocycles. The van der Waals surface area contributed by atoms with Crippen molar-refractivity contribution >= 4 is 23.4 Å². The van der Waals surface area contributed by atoms with Crippen molar-refractivity contribution in [1.29, 1.82) is 0 Å². The molecule has 1 amide bonds. The van der Waals surface area contributed by atoms with Crippen LogP contribution >= 0.6 is 0 Å². The fourth-order valence-electron chi connectivity index (χ4n) is 9.02. The number of ketones is 1. The number of nitrogens with one attached hydrogen (secondary N) is 1. The maximum absolute atomic E-state index is 12.4. The number of carboxylic acids is 1. The van der Waals surface area contributed by atoms with E-state index < -0.39 is 5.97 Å². The SMILES string of the molecule is CC(=O)C1CCC2C3CCC4=C/C(=N/OCC(=O)NCC(CC(=O)O)c5ccccc5)CC[C@]4(C)C3CC[C@]12C.